The minimum absolute atomic E-state index is 0.327. The Morgan fingerprint density at radius 3 is 2.58 bits per heavy atom. The molecule has 24 heavy (non-hydrogen) atoms. The van der Waals surface area contributed by atoms with E-state index in [2.05, 4.69) is 27.1 Å². The third-order valence-corrected chi connectivity index (χ3v) is 6.06. The van der Waals surface area contributed by atoms with Gasteiger partial charge in [0.15, 0.2) is 0 Å². The number of hydrogen-bond donors (Lipinski definition) is 2. The molecule has 0 unspecified atom stereocenters. The Bertz CT molecular complexity index is 775. The highest BCUT2D eigenvalue weighted by Crippen LogP contribution is 2.25. The van der Waals surface area contributed by atoms with Gasteiger partial charge in [-0.05, 0) is 35.7 Å². The molecular weight excluding hydrogens is 338 g/mol. The maximum atomic E-state index is 9.40. The van der Waals surface area contributed by atoms with Crippen molar-refractivity contribution in [2.75, 3.05) is 31.1 Å². The fourth-order valence-corrected chi connectivity index (χ4v) is 4.62. The van der Waals surface area contributed by atoms with Crippen LogP contribution in [0.4, 0.5) is 5.69 Å². The van der Waals surface area contributed by atoms with Crippen molar-refractivity contribution in [1.82, 2.24) is 4.98 Å². The summed E-state index contributed by atoms with van der Waals surface area (Å²) >= 11 is 3.46. The first-order valence-electron chi connectivity index (χ1n) is 8.12. The van der Waals surface area contributed by atoms with Gasteiger partial charge in [0.05, 0.1) is 26.2 Å². The highest BCUT2D eigenvalue weighted by molar-refractivity contribution is 7.14. The van der Waals surface area contributed by atoms with Crippen LogP contribution in [0.1, 0.15) is 5.69 Å². The van der Waals surface area contributed by atoms with E-state index in [1.807, 2.05) is 12.1 Å². The van der Waals surface area contributed by atoms with Gasteiger partial charge >= 0.3 is 0 Å². The Labute approximate surface area is 149 Å². The fraction of sp³-hybridized carbons (Fsp3) is 0.278. The Kier molecular flexibility index (Phi) is 4.51. The van der Waals surface area contributed by atoms with E-state index >= 15 is 0 Å². The van der Waals surface area contributed by atoms with Crippen molar-refractivity contribution in [3.05, 3.63) is 52.2 Å². The lowest BCUT2D eigenvalue weighted by Crippen LogP contribution is -3.13. The summed E-state index contributed by atoms with van der Waals surface area (Å²) in [6, 6.07) is 9.64. The fourth-order valence-electron chi connectivity index (χ4n) is 3.08. The van der Waals surface area contributed by atoms with Crippen molar-refractivity contribution in [2.24, 2.45) is 0 Å². The first-order valence-corrected chi connectivity index (χ1v) is 9.95. The lowest BCUT2D eigenvalue weighted by molar-refractivity contribution is -0.914. The van der Waals surface area contributed by atoms with Crippen molar-refractivity contribution < 1.29 is 10.0 Å². The van der Waals surface area contributed by atoms with E-state index in [4.69, 9.17) is 4.98 Å². The molecule has 0 atom stereocenters. The average molecular weight is 359 g/mol. The molecule has 3 heterocycles. The minimum Gasteiger partial charge on any atom is -0.508 e. The third kappa shape index (κ3) is 3.45. The number of hydrogen-bond acceptors (Lipinski definition) is 5. The zero-order valence-electron chi connectivity index (χ0n) is 13.3. The number of thiophene rings is 1. The molecule has 4 nitrogen and oxygen atoms in total. The Morgan fingerprint density at radius 2 is 1.88 bits per heavy atom. The zero-order valence-corrected chi connectivity index (χ0v) is 14.9. The molecule has 0 aliphatic carbocycles. The van der Waals surface area contributed by atoms with Crippen LogP contribution in [-0.4, -0.2) is 36.3 Å². The second-order valence-corrected chi connectivity index (χ2v) is 7.72. The molecule has 0 spiro atoms. The molecule has 6 heteroatoms. The van der Waals surface area contributed by atoms with Gasteiger partial charge in [0.2, 0.25) is 0 Å². The Morgan fingerprint density at radius 1 is 1.08 bits per heavy atom. The quantitative estimate of drug-likeness (QED) is 0.753. The van der Waals surface area contributed by atoms with Crippen LogP contribution in [0, 0.1) is 0 Å². The summed E-state index contributed by atoms with van der Waals surface area (Å²) in [7, 11) is 0. The maximum absolute atomic E-state index is 9.40. The van der Waals surface area contributed by atoms with Gasteiger partial charge in [0.25, 0.3) is 0 Å². The lowest BCUT2D eigenvalue weighted by Gasteiger charge is -2.33. The second kappa shape index (κ2) is 6.93. The van der Waals surface area contributed by atoms with Crippen LogP contribution >= 0.6 is 22.7 Å². The van der Waals surface area contributed by atoms with Gasteiger partial charge in [-0.2, -0.15) is 11.3 Å². The molecule has 0 bridgehead atoms. The van der Waals surface area contributed by atoms with Crippen LogP contribution in [0.15, 0.2) is 46.5 Å². The standard InChI is InChI=1S/C18H19N3OS2/c22-17-3-1-16(2-4-17)21-8-6-20(7-9-21)11-15-13-24-18(19-15)14-5-10-23-12-14/h1-5,10,12-13,22H,6-9,11H2/p+1. The van der Waals surface area contributed by atoms with Crippen LogP contribution in [-0.2, 0) is 6.54 Å². The first-order chi connectivity index (χ1) is 11.8. The summed E-state index contributed by atoms with van der Waals surface area (Å²) in [6.07, 6.45) is 0. The number of rotatable bonds is 4. The van der Waals surface area contributed by atoms with E-state index in [0.29, 0.717) is 5.75 Å². The van der Waals surface area contributed by atoms with Crippen molar-refractivity contribution >= 4 is 28.4 Å². The number of piperazine rings is 1. The topological polar surface area (TPSA) is 40.8 Å². The van der Waals surface area contributed by atoms with Gasteiger partial charge in [-0.1, -0.05) is 0 Å². The number of nitrogens with one attached hydrogen (secondary N) is 1. The molecule has 124 valence electrons. The molecule has 1 aliphatic rings. The summed E-state index contributed by atoms with van der Waals surface area (Å²) in [5, 5.41) is 17.0. The smallest absolute Gasteiger partial charge is 0.124 e. The molecule has 1 aliphatic heterocycles. The summed E-state index contributed by atoms with van der Waals surface area (Å²) < 4.78 is 0. The second-order valence-electron chi connectivity index (χ2n) is 6.09. The summed E-state index contributed by atoms with van der Waals surface area (Å²) in [5.41, 5.74) is 3.64. The average Bonchev–Trinajstić information content (AvgIpc) is 3.28. The van der Waals surface area contributed by atoms with E-state index in [9.17, 15) is 5.11 Å². The highest BCUT2D eigenvalue weighted by atomic mass is 32.1. The monoisotopic (exact) mass is 358 g/mol. The number of thiazole rings is 1. The van der Waals surface area contributed by atoms with Gasteiger partial charge < -0.3 is 14.9 Å². The SMILES string of the molecule is Oc1ccc(N2CC[NH+](Cc3csc(-c4ccsc4)n3)CC2)cc1. The van der Waals surface area contributed by atoms with Crippen LogP contribution in [0.3, 0.4) is 0 Å². The zero-order chi connectivity index (χ0) is 16.4. The molecule has 3 aromatic rings. The van der Waals surface area contributed by atoms with E-state index in [0.717, 1.165) is 37.7 Å². The van der Waals surface area contributed by atoms with Gasteiger partial charge in [-0.15, -0.1) is 11.3 Å². The van der Waals surface area contributed by atoms with Gasteiger partial charge in [-0.3, -0.25) is 0 Å². The van der Waals surface area contributed by atoms with E-state index in [1.165, 1.54) is 16.9 Å². The molecule has 2 N–H and O–H groups in total. The molecule has 0 amide bonds. The summed E-state index contributed by atoms with van der Waals surface area (Å²) in [5.74, 6) is 0.327. The molecule has 1 aromatic carbocycles. The first kappa shape index (κ1) is 15.6. The molecule has 1 saturated heterocycles. The van der Waals surface area contributed by atoms with Crippen molar-refractivity contribution in [3.8, 4) is 16.3 Å². The normalized spacial score (nSPS) is 15.8. The number of quaternary nitrogens is 1. The van der Waals surface area contributed by atoms with Crippen molar-refractivity contribution in [1.29, 1.82) is 0 Å². The number of anilines is 1. The molecule has 0 saturated carbocycles. The Hall–Kier alpha value is -1.89. The molecular formula is C18H20N3OS2+. The van der Waals surface area contributed by atoms with Crippen LogP contribution in [0.5, 0.6) is 5.75 Å². The Balaban J connectivity index is 1.34. The molecule has 4 rings (SSSR count). The highest BCUT2D eigenvalue weighted by Gasteiger charge is 2.21. The summed E-state index contributed by atoms with van der Waals surface area (Å²) in [6.45, 7) is 5.33. The predicted octanol–water partition coefficient (Wildman–Crippen LogP) is 2.48. The van der Waals surface area contributed by atoms with Gasteiger partial charge in [0, 0.05) is 22.0 Å². The number of phenols is 1. The van der Waals surface area contributed by atoms with Crippen molar-refractivity contribution in [3.63, 3.8) is 0 Å². The number of aromatic nitrogens is 1. The molecule has 1 fully saturated rings. The maximum Gasteiger partial charge on any atom is 0.124 e. The van der Waals surface area contributed by atoms with Crippen molar-refractivity contribution in [2.45, 2.75) is 6.54 Å². The van der Waals surface area contributed by atoms with E-state index in [-0.39, 0.29) is 0 Å². The number of nitrogens with zero attached hydrogens (tertiary/aromatic N) is 2. The molecule has 0 radical (unpaired) electrons. The largest absolute Gasteiger partial charge is 0.508 e. The number of aromatic hydroxyl groups is 1. The van der Waals surface area contributed by atoms with E-state index < -0.39 is 0 Å². The van der Waals surface area contributed by atoms with Crippen LogP contribution in [0.25, 0.3) is 10.6 Å². The number of phenolic OH excluding ortho intramolecular Hbond substituents is 1. The summed E-state index contributed by atoms with van der Waals surface area (Å²) in [4.78, 5) is 8.78. The molecule has 2 aromatic heterocycles. The lowest BCUT2D eigenvalue weighted by atomic mass is 10.2. The van der Waals surface area contributed by atoms with Gasteiger partial charge in [0.1, 0.15) is 23.0 Å². The third-order valence-electron chi connectivity index (χ3n) is 4.44. The van der Waals surface area contributed by atoms with E-state index in [1.54, 1.807) is 39.7 Å². The van der Waals surface area contributed by atoms with Gasteiger partial charge in [-0.25, -0.2) is 4.98 Å². The number of benzene rings is 1. The minimum atomic E-state index is 0.327. The van der Waals surface area contributed by atoms with Crippen LogP contribution in [0.2, 0.25) is 0 Å². The predicted molar refractivity (Wildman–Crippen MR) is 100 cm³/mol. The van der Waals surface area contributed by atoms with Crippen LogP contribution < -0.4 is 9.80 Å².